The van der Waals surface area contributed by atoms with Gasteiger partial charge in [0.25, 0.3) is 0 Å². The van der Waals surface area contributed by atoms with E-state index in [4.69, 9.17) is 21.6 Å². The van der Waals surface area contributed by atoms with Crippen molar-refractivity contribution in [2.45, 2.75) is 6.92 Å². The van der Waals surface area contributed by atoms with Crippen LogP contribution in [0.4, 0.5) is 4.39 Å². The maximum atomic E-state index is 13.1. The molecule has 0 aliphatic rings. The Morgan fingerprint density at radius 1 is 1.42 bits per heavy atom. The number of halogens is 2. The predicted octanol–water partition coefficient (Wildman–Crippen LogP) is 0.467. The average molecular weight is 188 g/mol. The van der Waals surface area contributed by atoms with E-state index >= 15 is 0 Å². The molecule has 0 aromatic heterocycles. The van der Waals surface area contributed by atoms with E-state index in [2.05, 4.69) is 0 Å². The van der Waals surface area contributed by atoms with E-state index in [1.807, 2.05) is 0 Å². The van der Waals surface area contributed by atoms with E-state index in [9.17, 15) is 4.39 Å². The van der Waals surface area contributed by atoms with Crippen molar-refractivity contribution in [3.63, 3.8) is 0 Å². The van der Waals surface area contributed by atoms with Crippen LogP contribution in [0.5, 0.6) is 0 Å². The lowest BCUT2D eigenvalue weighted by Gasteiger charge is -2.04. The van der Waals surface area contributed by atoms with Gasteiger partial charge in [0.05, 0.1) is 5.02 Å². The van der Waals surface area contributed by atoms with Crippen molar-refractivity contribution >= 4 is 24.2 Å². The third kappa shape index (κ3) is 1.60. The molecule has 0 spiro atoms. The molecule has 0 bridgehead atoms. The second-order valence-electron chi connectivity index (χ2n) is 2.47. The van der Waals surface area contributed by atoms with Gasteiger partial charge in [-0.25, -0.2) is 4.39 Å². The smallest absolute Gasteiger partial charge is 0.423 e. The Labute approximate surface area is 74.7 Å². The van der Waals surface area contributed by atoms with Crippen molar-refractivity contribution in [2.75, 3.05) is 0 Å². The molecule has 0 aliphatic carbocycles. The Hall–Kier alpha value is -0.575. The summed E-state index contributed by atoms with van der Waals surface area (Å²) in [6.07, 6.45) is 0. The molecule has 0 saturated heterocycles. The first-order valence-electron chi connectivity index (χ1n) is 3.34. The lowest BCUT2D eigenvalue weighted by Crippen LogP contribution is -2.33. The molecule has 2 N–H and O–H groups in total. The minimum absolute atomic E-state index is 0.0689. The molecular weight excluding hydrogens is 181 g/mol. The van der Waals surface area contributed by atoms with E-state index < -0.39 is 12.9 Å². The van der Waals surface area contributed by atoms with Gasteiger partial charge >= 0.3 is 7.12 Å². The summed E-state index contributed by atoms with van der Waals surface area (Å²) in [5, 5.41) is 17.3. The molecule has 2 nitrogen and oxygen atoms in total. The second-order valence-corrected chi connectivity index (χ2v) is 2.85. The van der Waals surface area contributed by atoms with E-state index in [0.29, 0.717) is 5.56 Å². The maximum absolute atomic E-state index is 13.1. The van der Waals surface area contributed by atoms with Crippen LogP contribution < -0.4 is 5.46 Å². The van der Waals surface area contributed by atoms with Gasteiger partial charge in [0.15, 0.2) is 0 Å². The summed E-state index contributed by atoms with van der Waals surface area (Å²) in [7, 11) is -1.82. The minimum Gasteiger partial charge on any atom is -0.423 e. The van der Waals surface area contributed by atoms with Gasteiger partial charge in [-0.3, -0.25) is 0 Å². The van der Waals surface area contributed by atoms with Crippen LogP contribution in [-0.2, 0) is 0 Å². The summed E-state index contributed by atoms with van der Waals surface area (Å²) >= 11 is 5.53. The Morgan fingerprint density at radius 3 is 2.50 bits per heavy atom. The second kappa shape index (κ2) is 3.43. The van der Waals surface area contributed by atoms with Crippen molar-refractivity contribution in [3.05, 3.63) is 28.5 Å². The molecule has 0 amide bonds. The molecule has 1 rings (SSSR count). The summed E-state index contributed by atoms with van der Waals surface area (Å²) in [6, 6.07) is 2.82. The maximum Gasteiger partial charge on any atom is 0.491 e. The van der Waals surface area contributed by atoms with Gasteiger partial charge in [0, 0.05) is 5.46 Å². The third-order valence-electron chi connectivity index (χ3n) is 1.58. The van der Waals surface area contributed by atoms with Crippen molar-refractivity contribution in [3.8, 4) is 0 Å². The largest absolute Gasteiger partial charge is 0.491 e. The molecule has 64 valence electrons. The quantitative estimate of drug-likeness (QED) is 0.629. The van der Waals surface area contributed by atoms with Crippen LogP contribution in [0.2, 0.25) is 5.02 Å². The number of hydrogen-bond donors (Lipinski definition) is 2. The standard InChI is InChI=1S/C7H7BClFO2/c1-4-2-3-5(8(11)12)7(10)6(4)9/h2-3,11-12H,1H3. The van der Waals surface area contributed by atoms with Crippen molar-refractivity contribution in [1.29, 1.82) is 0 Å². The predicted molar refractivity (Wildman–Crippen MR) is 46.0 cm³/mol. The fourth-order valence-electron chi connectivity index (χ4n) is 0.860. The highest BCUT2D eigenvalue weighted by molar-refractivity contribution is 6.59. The highest BCUT2D eigenvalue weighted by atomic mass is 35.5. The van der Waals surface area contributed by atoms with E-state index in [0.717, 1.165) is 0 Å². The number of hydrogen-bond acceptors (Lipinski definition) is 2. The Kier molecular flexibility index (Phi) is 2.72. The monoisotopic (exact) mass is 188 g/mol. The van der Waals surface area contributed by atoms with Crippen LogP contribution in [0.1, 0.15) is 5.56 Å². The molecular formula is C7H7BClFO2. The summed E-state index contributed by atoms with van der Waals surface area (Å²) in [4.78, 5) is 0. The zero-order chi connectivity index (χ0) is 9.30. The molecule has 12 heavy (non-hydrogen) atoms. The van der Waals surface area contributed by atoms with Gasteiger partial charge in [0.1, 0.15) is 5.82 Å². The van der Waals surface area contributed by atoms with Gasteiger partial charge in [-0.15, -0.1) is 0 Å². The molecule has 5 heteroatoms. The fourth-order valence-corrected chi connectivity index (χ4v) is 1.03. The first kappa shape index (κ1) is 9.51. The summed E-state index contributed by atoms with van der Waals surface area (Å²) < 4.78 is 13.1. The molecule has 0 fully saturated rings. The zero-order valence-electron chi connectivity index (χ0n) is 6.38. The van der Waals surface area contributed by atoms with E-state index in [1.54, 1.807) is 6.92 Å². The van der Waals surface area contributed by atoms with Gasteiger partial charge in [-0.1, -0.05) is 23.7 Å². The first-order valence-corrected chi connectivity index (χ1v) is 3.72. The van der Waals surface area contributed by atoms with Crippen LogP contribution >= 0.6 is 11.6 Å². The minimum atomic E-state index is -1.82. The molecule has 1 aromatic carbocycles. The van der Waals surface area contributed by atoms with Gasteiger partial charge in [-0.05, 0) is 12.5 Å². The molecule has 0 aliphatic heterocycles. The molecule has 0 radical (unpaired) electrons. The van der Waals surface area contributed by atoms with Crippen LogP contribution in [0.3, 0.4) is 0 Å². The van der Waals surface area contributed by atoms with E-state index in [-0.39, 0.29) is 10.5 Å². The fraction of sp³-hybridized carbons (Fsp3) is 0.143. The summed E-state index contributed by atoms with van der Waals surface area (Å²) in [6.45, 7) is 1.64. The molecule has 0 atom stereocenters. The van der Waals surface area contributed by atoms with Gasteiger partial charge < -0.3 is 10.0 Å². The molecule has 0 unspecified atom stereocenters. The molecule has 0 heterocycles. The number of rotatable bonds is 1. The summed E-state index contributed by atoms with van der Waals surface area (Å²) in [5.41, 5.74) is 0.365. The van der Waals surface area contributed by atoms with Crippen molar-refractivity contribution in [1.82, 2.24) is 0 Å². The van der Waals surface area contributed by atoms with Gasteiger partial charge in [-0.2, -0.15) is 0 Å². The van der Waals surface area contributed by atoms with Crippen LogP contribution in [0, 0.1) is 12.7 Å². The SMILES string of the molecule is Cc1ccc(B(O)O)c(F)c1Cl. The third-order valence-corrected chi connectivity index (χ3v) is 2.05. The van der Waals surface area contributed by atoms with Crippen LogP contribution in [0.25, 0.3) is 0 Å². The molecule has 1 aromatic rings. The van der Waals surface area contributed by atoms with Crippen LogP contribution in [-0.4, -0.2) is 17.2 Å². The molecule has 0 saturated carbocycles. The topological polar surface area (TPSA) is 40.5 Å². The highest BCUT2D eigenvalue weighted by Crippen LogP contribution is 2.16. The van der Waals surface area contributed by atoms with E-state index in [1.165, 1.54) is 12.1 Å². The average Bonchev–Trinajstić information content (AvgIpc) is 2.00. The van der Waals surface area contributed by atoms with Crippen molar-refractivity contribution in [2.24, 2.45) is 0 Å². The van der Waals surface area contributed by atoms with Gasteiger partial charge in [0.2, 0.25) is 0 Å². The number of aryl methyl sites for hydroxylation is 1. The zero-order valence-corrected chi connectivity index (χ0v) is 7.14. The lowest BCUT2D eigenvalue weighted by molar-refractivity contribution is 0.423. The highest BCUT2D eigenvalue weighted by Gasteiger charge is 2.18. The Bertz CT molecular complexity index is 304. The summed E-state index contributed by atoms with van der Waals surface area (Å²) in [5.74, 6) is -0.772. The number of benzene rings is 1. The normalized spacial score (nSPS) is 10.1. The Morgan fingerprint density at radius 2 is 2.00 bits per heavy atom. The van der Waals surface area contributed by atoms with Crippen LogP contribution in [0.15, 0.2) is 12.1 Å². The Balaban J connectivity index is 3.27. The van der Waals surface area contributed by atoms with Crippen molar-refractivity contribution < 1.29 is 14.4 Å². The lowest BCUT2D eigenvalue weighted by atomic mass is 9.79. The first-order chi connectivity index (χ1) is 5.54.